The lowest BCUT2D eigenvalue weighted by Gasteiger charge is -2.36. The standard InChI is InChI=1S/C19H34O4/c1-4-7-8-9-10-12-19-13-11-16(23-19)17(15(19)14-20)18(21-5-2)22-6-3/h14-18H,4-13H2,1-3H3/t15-,16+,17+,19-/m1/s1. The van der Waals surface area contributed by atoms with Crippen LogP contribution < -0.4 is 0 Å². The summed E-state index contributed by atoms with van der Waals surface area (Å²) in [5.74, 6) is -0.0349. The average molecular weight is 326 g/mol. The van der Waals surface area contributed by atoms with Gasteiger partial charge in [-0.3, -0.25) is 0 Å². The molecular formula is C19H34O4. The topological polar surface area (TPSA) is 44.8 Å². The minimum atomic E-state index is -0.313. The third-order valence-corrected chi connectivity index (χ3v) is 5.52. The first-order valence-electron chi connectivity index (χ1n) is 9.58. The molecule has 2 rings (SSSR count). The quantitative estimate of drug-likeness (QED) is 0.307. The van der Waals surface area contributed by atoms with E-state index in [1.54, 1.807) is 0 Å². The van der Waals surface area contributed by atoms with Gasteiger partial charge < -0.3 is 19.0 Å². The number of hydrogen-bond acceptors (Lipinski definition) is 4. The summed E-state index contributed by atoms with van der Waals surface area (Å²) in [5.41, 5.74) is -0.254. The molecule has 0 aromatic carbocycles. The first-order chi connectivity index (χ1) is 11.2. The molecular weight excluding hydrogens is 292 g/mol. The van der Waals surface area contributed by atoms with Gasteiger partial charge in [-0.15, -0.1) is 0 Å². The SMILES string of the molecule is CCCCCCC[C@]12CC[C@H](O1)[C@@H](C(OCC)OCC)[C@H]2C=O. The summed E-state index contributed by atoms with van der Waals surface area (Å²) in [5, 5.41) is 0. The molecule has 0 amide bonds. The summed E-state index contributed by atoms with van der Waals surface area (Å²) >= 11 is 0. The predicted octanol–water partition coefficient (Wildman–Crippen LogP) is 4.11. The highest BCUT2D eigenvalue weighted by Crippen LogP contribution is 2.54. The Labute approximate surface area is 141 Å². The van der Waals surface area contributed by atoms with E-state index in [2.05, 4.69) is 6.92 Å². The van der Waals surface area contributed by atoms with Gasteiger partial charge in [-0.1, -0.05) is 39.0 Å². The Morgan fingerprint density at radius 1 is 1.13 bits per heavy atom. The van der Waals surface area contributed by atoms with Crippen LogP contribution in [0.3, 0.4) is 0 Å². The first kappa shape index (κ1) is 18.9. The second-order valence-electron chi connectivity index (χ2n) is 6.94. The fraction of sp³-hybridized carbons (Fsp3) is 0.947. The van der Waals surface area contributed by atoms with Crippen LogP contribution >= 0.6 is 0 Å². The Hall–Kier alpha value is -0.450. The lowest BCUT2D eigenvalue weighted by molar-refractivity contribution is -0.183. The summed E-state index contributed by atoms with van der Waals surface area (Å²) in [4.78, 5) is 11.9. The molecule has 2 saturated heterocycles. The zero-order valence-corrected chi connectivity index (χ0v) is 15.1. The minimum Gasteiger partial charge on any atom is -0.370 e. The van der Waals surface area contributed by atoms with Gasteiger partial charge in [0.2, 0.25) is 0 Å². The maximum atomic E-state index is 11.9. The average Bonchev–Trinajstić information content (AvgIpc) is 3.10. The van der Waals surface area contributed by atoms with Crippen molar-refractivity contribution < 1.29 is 19.0 Å². The monoisotopic (exact) mass is 326 g/mol. The number of rotatable bonds is 12. The van der Waals surface area contributed by atoms with E-state index in [-0.39, 0.29) is 29.8 Å². The highest BCUT2D eigenvalue weighted by Gasteiger charge is 2.61. The zero-order valence-electron chi connectivity index (χ0n) is 15.1. The van der Waals surface area contributed by atoms with Crippen LogP contribution in [0.2, 0.25) is 0 Å². The molecule has 4 heteroatoms. The van der Waals surface area contributed by atoms with Gasteiger partial charge in [-0.2, -0.15) is 0 Å². The van der Waals surface area contributed by atoms with Crippen LogP contribution in [-0.4, -0.2) is 37.5 Å². The molecule has 2 heterocycles. The maximum Gasteiger partial charge on any atom is 0.163 e. The molecule has 4 atom stereocenters. The second kappa shape index (κ2) is 9.14. The largest absolute Gasteiger partial charge is 0.370 e. The number of fused-ring (bicyclic) bond motifs is 2. The van der Waals surface area contributed by atoms with Crippen LogP contribution in [-0.2, 0) is 19.0 Å². The van der Waals surface area contributed by atoms with E-state index in [0.29, 0.717) is 13.2 Å². The van der Waals surface area contributed by atoms with Crippen molar-refractivity contribution in [3.8, 4) is 0 Å². The highest BCUT2D eigenvalue weighted by molar-refractivity contribution is 5.58. The first-order valence-corrected chi connectivity index (χ1v) is 9.58. The lowest BCUT2D eigenvalue weighted by Crippen LogP contribution is -2.45. The van der Waals surface area contributed by atoms with E-state index in [0.717, 1.165) is 32.0 Å². The molecule has 23 heavy (non-hydrogen) atoms. The third-order valence-electron chi connectivity index (χ3n) is 5.52. The smallest absolute Gasteiger partial charge is 0.163 e. The van der Waals surface area contributed by atoms with E-state index >= 15 is 0 Å². The summed E-state index contributed by atoms with van der Waals surface area (Å²) in [6.07, 6.45) is 10.2. The van der Waals surface area contributed by atoms with Crippen LogP contribution in [0, 0.1) is 11.8 Å². The fourth-order valence-electron chi connectivity index (χ4n) is 4.44. The molecule has 0 aliphatic carbocycles. The zero-order chi connectivity index (χ0) is 16.7. The maximum absolute atomic E-state index is 11.9. The van der Waals surface area contributed by atoms with Gasteiger partial charge in [0, 0.05) is 19.1 Å². The van der Waals surface area contributed by atoms with E-state index in [1.807, 2.05) is 13.8 Å². The molecule has 0 radical (unpaired) electrons. The van der Waals surface area contributed by atoms with Crippen LogP contribution in [0.15, 0.2) is 0 Å². The molecule has 0 unspecified atom stereocenters. The molecule has 2 aliphatic heterocycles. The molecule has 0 aromatic rings. The van der Waals surface area contributed by atoms with Crippen molar-refractivity contribution >= 4 is 6.29 Å². The van der Waals surface area contributed by atoms with E-state index in [4.69, 9.17) is 14.2 Å². The fourth-order valence-corrected chi connectivity index (χ4v) is 4.44. The summed E-state index contributed by atoms with van der Waals surface area (Å²) in [6, 6.07) is 0. The van der Waals surface area contributed by atoms with Gasteiger partial charge in [0.05, 0.1) is 17.6 Å². The van der Waals surface area contributed by atoms with E-state index < -0.39 is 0 Å². The van der Waals surface area contributed by atoms with E-state index in [9.17, 15) is 4.79 Å². The second-order valence-corrected chi connectivity index (χ2v) is 6.94. The van der Waals surface area contributed by atoms with Crippen LogP contribution in [0.1, 0.15) is 72.1 Å². The van der Waals surface area contributed by atoms with E-state index in [1.165, 1.54) is 25.7 Å². The number of carbonyl (C=O) groups excluding carboxylic acids is 1. The third kappa shape index (κ3) is 4.15. The van der Waals surface area contributed by atoms with Gasteiger partial charge in [-0.25, -0.2) is 0 Å². The summed E-state index contributed by atoms with van der Waals surface area (Å²) in [6.45, 7) is 7.38. The normalized spacial score (nSPS) is 32.8. The Balaban J connectivity index is 2.00. The van der Waals surface area contributed by atoms with Crippen molar-refractivity contribution in [2.24, 2.45) is 11.8 Å². The number of hydrogen-bond donors (Lipinski definition) is 0. The Kier molecular flexibility index (Phi) is 7.51. The van der Waals surface area contributed by atoms with Gasteiger partial charge >= 0.3 is 0 Å². The summed E-state index contributed by atoms with van der Waals surface area (Å²) < 4.78 is 17.9. The number of ether oxygens (including phenoxy) is 3. The van der Waals surface area contributed by atoms with Crippen molar-refractivity contribution in [2.75, 3.05) is 13.2 Å². The van der Waals surface area contributed by atoms with Gasteiger partial charge in [0.25, 0.3) is 0 Å². The molecule has 0 spiro atoms. The van der Waals surface area contributed by atoms with Gasteiger partial charge in [-0.05, 0) is 33.1 Å². The lowest BCUT2D eigenvalue weighted by atomic mass is 9.70. The highest BCUT2D eigenvalue weighted by atomic mass is 16.7. The molecule has 134 valence electrons. The molecule has 2 bridgehead atoms. The molecule has 0 saturated carbocycles. The number of unbranched alkanes of at least 4 members (excludes halogenated alkanes) is 4. The Morgan fingerprint density at radius 2 is 1.83 bits per heavy atom. The molecule has 2 aliphatic rings. The van der Waals surface area contributed by atoms with Crippen LogP contribution in [0.25, 0.3) is 0 Å². The molecule has 2 fully saturated rings. The van der Waals surface area contributed by atoms with Gasteiger partial charge in [0.15, 0.2) is 6.29 Å². The predicted molar refractivity (Wildman–Crippen MR) is 90.3 cm³/mol. The van der Waals surface area contributed by atoms with Crippen LogP contribution in [0.4, 0.5) is 0 Å². The van der Waals surface area contributed by atoms with Crippen molar-refractivity contribution in [2.45, 2.75) is 90.1 Å². The molecule has 0 aromatic heterocycles. The Morgan fingerprint density at radius 3 is 2.43 bits per heavy atom. The van der Waals surface area contributed by atoms with Gasteiger partial charge in [0.1, 0.15) is 6.29 Å². The minimum absolute atomic E-state index is 0.0526. The van der Waals surface area contributed by atoms with Crippen molar-refractivity contribution in [3.63, 3.8) is 0 Å². The molecule has 4 nitrogen and oxygen atoms in total. The Bertz CT molecular complexity index is 353. The molecule has 0 N–H and O–H groups in total. The van der Waals surface area contributed by atoms with Crippen LogP contribution in [0.5, 0.6) is 0 Å². The van der Waals surface area contributed by atoms with Crippen molar-refractivity contribution in [3.05, 3.63) is 0 Å². The number of carbonyl (C=O) groups is 1. The summed E-state index contributed by atoms with van der Waals surface area (Å²) in [7, 11) is 0. The number of aldehydes is 1. The van der Waals surface area contributed by atoms with Crippen molar-refractivity contribution in [1.82, 2.24) is 0 Å². The van der Waals surface area contributed by atoms with Crippen molar-refractivity contribution in [1.29, 1.82) is 0 Å².